The predicted octanol–water partition coefficient (Wildman–Crippen LogP) is 4.45. The van der Waals surface area contributed by atoms with Crippen LogP contribution in [0.5, 0.6) is 0 Å². The molecule has 3 aromatic rings. The van der Waals surface area contributed by atoms with E-state index >= 15 is 0 Å². The van der Waals surface area contributed by atoms with Gasteiger partial charge in [-0.1, -0.05) is 19.3 Å². The lowest BCUT2D eigenvalue weighted by Crippen LogP contribution is -2.35. The molecular formula is C20H27N5OS2. The van der Waals surface area contributed by atoms with Crippen LogP contribution in [0.3, 0.4) is 0 Å². The van der Waals surface area contributed by atoms with Crippen LogP contribution >= 0.6 is 22.7 Å². The van der Waals surface area contributed by atoms with Crippen molar-refractivity contribution < 1.29 is 4.79 Å². The van der Waals surface area contributed by atoms with Gasteiger partial charge in [0.05, 0.1) is 11.7 Å². The Morgan fingerprint density at radius 1 is 1.18 bits per heavy atom. The predicted molar refractivity (Wildman–Crippen MR) is 114 cm³/mol. The number of carbonyl (C=O) groups excluding carboxylic acids is 1. The van der Waals surface area contributed by atoms with Crippen molar-refractivity contribution in [1.82, 2.24) is 24.2 Å². The zero-order chi connectivity index (χ0) is 19.5. The summed E-state index contributed by atoms with van der Waals surface area (Å²) in [5, 5.41) is 5.12. The second kappa shape index (κ2) is 8.71. The van der Waals surface area contributed by atoms with E-state index in [0.29, 0.717) is 12.2 Å². The van der Waals surface area contributed by atoms with Gasteiger partial charge in [-0.2, -0.15) is 0 Å². The van der Waals surface area contributed by atoms with Crippen LogP contribution in [0.4, 0.5) is 0 Å². The Balaban J connectivity index is 1.60. The highest BCUT2D eigenvalue weighted by atomic mass is 32.1. The van der Waals surface area contributed by atoms with Gasteiger partial charge in [-0.3, -0.25) is 14.1 Å². The highest BCUT2D eigenvalue weighted by molar-refractivity contribution is 7.15. The zero-order valence-electron chi connectivity index (χ0n) is 16.5. The second-order valence-electron chi connectivity index (χ2n) is 7.48. The van der Waals surface area contributed by atoms with Crippen LogP contribution in [0.2, 0.25) is 0 Å². The fourth-order valence-corrected chi connectivity index (χ4v) is 5.25. The summed E-state index contributed by atoms with van der Waals surface area (Å²) >= 11 is 3.25. The molecule has 0 bridgehead atoms. The first-order valence-corrected chi connectivity index (χ1v) is 11.7. The maximum atomic E-state index is 13.4. The first-order valence-electron chi connectivity index (χ1n) is 9.98. The molecule has 150 valence electrons. The number of aromatic nitrogens is 3. The Kier molecular flexibility index (Phi) is 6.08. The number of imidazole rings is 1. The van der Waals surface area contributed by atoms with E-state index in [9.17, 15) is 4.79 Å². The molecule has 0 radical (unpaired) electrons. The summed E-state index contributed by atoms with van der Waals surface area (Å²) in [5.41, 5.74) is 1.60. The summed E-state index contributed by atoms with van der Waals surface area (Å²) < 4.78 is 2.08. The molecule has 8 heteroatoms. The molecule has 1 fully saturated rings. The van der Waals surface area contributed by atoms with Crippen LogP contribution in [-0.2, 0) is 6.54 Å². The van der Waals surface area contributed by atoms with Crippen molar-refractivity contribution in [2.45, 2.75) is 51.6 Å². The van der Waals surface area contributed by atoms with Crippen molar-refractivity contribution in [3.8, 4) is 0 Å². The number of thiazole rings is 2. The van der Waals surface area contributed by atoms with Gasteiger partial charge in [0.1, 0.15) is 5.01 Å². The molecule has 1 aliphatic heterocycles. The van der Waals surface area contributed by atoms with Crippen molar-refractivity contribution in [3.05, 3.63) is 39.5 Å². The number of amides is 1. The number of rotatable bonds is 5. The molecule has 4 heterocycles. The minimum absolute atomic E-state index is 0.0862. The molecular weight excluding hydrogens is 390 g/mol. The Morgan fingerprint density at radius 3 is 2.64 bits per heavy atom. The molecule has 3 aromatic heterocycles. The second-order valence-corrected chi connectivity index (χ2v) is 9.28. The van der Waals surface area contributed by atoms with Crippen LogP contribution in [-0.4, -0.2) is 50.2 Å². The third-order valence-electron chi connectivity index (χ3n) is 5.58. The van der Waals surface area contributed by atoms with Gasteiger partial charge in [0.25, 0.3) is 5.91 Å². The van der Waals surface area contributed by atoms with E-state index in [1.807, 2.05) is 28.1 Å². The van der Waals surface area contributed by atoms with Crippen LogP contribution < -0.4 is 0 Å². The maximum Gasteiger partial charge on any atom is 0.274 e. The average molecular weight is 418 g/mol. The van der Waals surface area contributed by atoms with Gasteiger partial charge in [0.15, 0.2) is 10.7 Å². The van der Waals surface area contributed by atoms with Crippen LogP contribution in [0, 0.1) is 0 Å². The molecule has 0 saturated carbocycles. The summed E-state index contributed by atoms with van der Waals surface area (Å²) in [6, 6.07) is 0.189. The lowest BCUT2D eigenvalue weighted by atomic mass is 10.1. The molecule has 6 nitrogen and oxygen atoms in total. The van der Waals surface area contributed by atoms with Crippen LogP contribution in [0.15, 0.2) is 23.2 Å². The fraction of sp³-hybridized carbons (Fsp3) is 0.550. The summed E-state index contributed by atoms with van der Waals surface area (Å²) in [6.07, 6.45) is 9.75. The minimum atomic E-state index is 0.0862. The molecule has 1 amide bonds. The Bertz CT molecular complexity index is 908. The highest BCUT2D eigenvalue weighted by Gasteiger charge is 2.26. The number of hydrogen-bond acceptors (Lipinski definition) is 6. The first kappa shape index (κ1) is 19.5. The largest absolute Gasteiger partial charge is 0.337 e. The highest BCUT2D eigenvalue weighted by Crippen LogP contribution is 2.26. The molecule has 4 rings (SSSR count). The van der Waals surface area contributed by atoms with E-state index in [4.69, 9.17) is 4.98 Å². The Labute approximate surface area is 173 Å². The van der Waals surface area contributed by atoms with Gasteiger partial charge in [-0.05, 0) is 26.8 Å². The number of carbonyl (C=O) groups is 1. The fourth-order valence-electron chi connectivity index (χ4n) is 3.76. The molecule has 0 spiro atoms. The lowest BCUT2D eigenvalue weighted by molar-refractivity contribution is 0.0734. The summed E-state index contributed by atoms with van der Waals surface area (Å²) in [4.78, 5) is 27.7. The van der Waals surface area contributed by atoms with E-state index in [1.54, 1.807) is 22.7 Å². The Hall–Kier alpha value is -1.77. The van der Waals surface area contributed by atoms with Gasteiger partial charge >= 0.3 is 0 Å². The summed E-state index contributed by atoms with van der Waals surface area (Å²) in [6.45, 7) is 4.50. The number of hydrogen-bond donors (Lipinski definition) is 0. The standard InChI is InChI=1S/C20H27N5OS2/c1-15(18-21-8-12-27-18)23(2)14-16-17(22-20-25(16)11-13-28-20)19(26)24-9-6-4-3-5-7-10-24/h8,11-13,15H,3-7,9-10,14H2,1-2H3/t15-/m1/s1. The lowest BCUT2D eigenvalue weighted by Gasteiger charge is -2.26. The average Bonchev–Trinajstić information content (AvgIpc) is 3.39. The van der Waals surface area contributed by atoms with Crippen molar-refractivity contribution in [1.29, 1.82) is 0 Å². The third-order valence-corrected chi connectivity index (χ3v) is 7.28. The number of fused-ring (bicyclic) bond motifs is 1. The number of likely N-dealkylation sites (tertiary alicyclic amines) is 1. The molecule has 0 unspecified atom stereocenters. The first-order chi connectivity index (χ1) is 13.6. The SMILES string of the molecule is C[C@H](c1nccs1)N(C)Cc1c(C(=O)N2CCCCCCC2)nc2sccn12. The topological polar surface area (TPSA) is 53.7 Å². The van der Waals surface area contributed by atoms with E-state index in [2.05, 4.69) is 28.3 Å². The van der Waals surface area contributed by atoms with E-state index in [1.165, 1.54) is 19.3 Å². The quantitative estimate of drug-likeness (QED) is 0.615. The van der Waals surface area contributed by atoms with Crippen LogP contribution in [0.25, 0.3) is 4.96 Å². The molecule has 0 N–H and O–H groups in total. The molecule has 1 atom stereocenters. The van der Waals surface area contributed by atoms with Gasteiger partial charge in [-0.25, -0.2) is 9.97 Å². The molecule has 28 heavy (non-hydrogen) atoms. The number of nitrogens with zero attached hydrogens (tertiary/aromatic N) is 5. The van der Waals surface area contributed by atoms with E-state index in [0.717, 1.165) is 41.6 Å². The van der Waals surface area contributed by atoms with Crippen molar-refractivity contribution in [2.75, 3.05) is 20.1 Å². The van der Waals surface area contributed by atoms with Crippen LogP contribution in [0.1, 0.15) is 66.3 Å². The minimum Gasteiger partial charge on any atom is -0.337 e. The van der Waals surface area contributed by atoms with E-state index < -0.39 is 0 Å². The summed E-state index contributed by atoms with van der Waals surface area (Å²) in [5.74, 6) is 0.0862. The zero-order valence-corrected chi connectivity index (χ0v) is 18.1. The molecule has 0 aliphatic carbocycles. The van der Waals surface area contributed by atoms with Gasteiger partial charge in [-0.15, -0.1) is 22.7 Å². The van der Waals surface area contributed by atoms with Gasteiger partial charge < -0.3 is 4.90 Å². The van der Waals surface area contributed by atoms with Crippen molar-refractivity contribution in [3.63, 3.8) is 0 Å². The summed E-state index contributed by atoms with van der Waals surface area (Å²) in [7, 11) is 2.09. The van der Waals surface area contributed by atoms with Crippen molar-refractivity contribution >= 4 is 33.5 Å². The third kappa shape index (κ3) is 3.99. The molecule has 0 aromatic carbocycles. The molecule has 1 aliphatic rings. The van der Waals surface area contributed by atoms with Gasteiger partial charge in [0.2, 0.25) is 0 Å². The smallest absolute Gasteiger partial charge is 0.274 e. The van der Waals surface area contributed by atoms with Gasteiger partial charge in [0, 0.05) is 42.8 Å². The maximum absolute atomic E-state index is 13.4. The van der Waals surface area contributed by atoms with Crippen molar-refractivity contribution in [2.24, 2.45) is 0 Å². The monoisotopic (exact) mass is 417 g/mol. The molecule has 1 saturated heterocycles. The normalized spacial score (nSPS) is 17.0. The van der Waals surface area contributed by atoms with E-state index in [-0.39, 0.29) is 11.9 Å². The Morgan fingerprint density at radius 2 is 1.93 bits per heavy atom.